The number of likely N-dealkylation sites (tertiary alicyclic amines) is 1. The second kappa shape index (κ2) is 10.4. The summed E-state index contributed by atoms with van der Waals surface area (Å²) >= 11 is 0. The molecule has 5 N–H and O–H groups in total. The maximum Gasteiger partial charge on any atom is 0.410 e. The topological polar surface area (TPSA) is 146 Å². The molecule has 1 saturated heterocycles. The van der Waals surface area contributed by atoms with E-state index in [9.17, 15) is 9.59 Å². The number of piperidine rings is 1. The van der Waals surface area contributed by atoms with Crippen molar-refractivity contribution in [3.05, 3.63) is 77.6 Å². The summed E-state index contributed by atoms with van der Waals surface area (Å²) in [5.41, 5.74) is 8.03. The van der Waals surface area contributed by atoms with Crippen molar-refractivity contribution < 1.29 is 14.3 Å². The Hall–Kier alpha value is -4.47. The van der Waals surface area contributed by atoms with Gasteiger partial charge in [-0.1, -0.05) is 30.3 Å². The first-order chi connectivity index (χ1) is 18.6. The van der Waals surface area contributed by atoms with E-state index >= 15 is 0 Å². The summed E-state index contributed by atoms with van der Waals surface area (Å²) in [5.74, 6) is 0.686. The van der Waals surface area contributed by atoms with Gasteiger partial charge in [-0.05, 0) is 63.8 Å². The number of nitrogen functional groups attached to an aromatic ring is 1. The standard InChI is InChI=1S/C29H33N7O3/c1-29(2,3)39-28(38)36-15-19-13-21(36)14-22(19)35-26-23(25(31)32-16-33-26)24(30)17-9-11-18(12-10-17)27(37)34-20-7-5-4-6-8-20/h4-12,16,19,21-22,30H,13-15H2,1-3H3,(H,34,37)(H3,31,32,33,35). The third-order valence-electron chi connectivity index (χ3n) is 7.09. The van der Waals surface area contributed by atoms with Crippen LogP contribution in [0.3, 0.4) is 0 Å². The Labute approximate surface area is 227 Å². The molecule has 2 heterocycles. The van der Waals surface area contributed by atoms with Crippen LogP contribution in [0.5, 0.6) is 0 Å². The third-order valence-corrected chi connectivity index (χ3v) is 7.09. The zero-order valence-corrected chi connectivity index (χ0v) is 22.3. The first-order valence-corrected chi connectivity index (χ1v) is 13.0. The van der Waals surface area contributed by atoms with Crippen LogP contribution >= 0.6 is 0 Å². The summed E-state index contributed by atoms with van der Waals surface area (Å²) in [4.78, 5) is 35.6. The second-order valence-electron chi connectivity index (χ2n) is 11.0. The molecular weight excluding hydrogens is 494 g/mol. The minimum Gasteiger partial charge on any atom is -0.444 e. The van der Waals surface area contributed by atoms with Crippen LogP contribution in [0.25, 0.3) is 0 Å². The van der Waals surface area contributed by atoms with Crippen LogP contribution in [-0.2, 0) is 4.74 Å². The van der Waals surface area contributed by atoms with E-state index < -0.39 is 5.60 Å². The Morgan fingerprint density at radius 1 is 1.03 bits per heavy atom. The summed E-state index contributed by atoms with van der Waals surface area (Å²) in [5, 5.41) is 15.2. The number of carbonyl (C=O) groups excluding carboxylic acids is 2. The molecular formula is C29H33N7O3. The SMILES string of the molecule is CC(C)(C)OC(=O)N1CC2CC1CC2Nc1ncnc(N)c1C(=N)c1ccc(C(=O)Nc2ccccc2)cc1. The van der Waals surface area contributed by atoms with Crippen LogP contribution in [0.2, 0.25) is 0 Å². The summed E-state index contributed by atoms with van der Waals surface area (Å²) in [6.45, 7) is 6.21. The lowest BCUT2D eigenvalue weighted by Crippen LogP contribution is -2.45. The van der Waals surface area contributed by atoms with Gasteiger partial charge in [-0.15, -0.1) is 0 Å². The molecule has 3 unspecified atom stereocenters. The van der Waals surface area contributed by atoms with Gasteiger partial charge in [0, 0.05) is 35.4 Å². The average molecular weight is 528 g/mol. The molecule has 3 aromatic rings. The van der Waals surface area contributed by atoms with E-state index in [1.165, 1.54) is 6.33 Å². The maximum atomic E-state index is 12.6. The molecule has 2 aliphatic rings. The molecule has 1 aliphatic carbocycles. The third kappa shape index (κ3) is 5.69. The smallest absolute Gasteiger partial charge is 0.410 e. The van der Waals surface area contributed by atoms with E-state index in [-0.39, 0.29) is 41.5 Å². The summed E-state index contributed by atoms with van der Waals surface area (Å²) in [7, 11) is 0. The fourth-order valence-corrected chi connectivity index (χ4v) is 5.26. The number of anilines is 3. The quantitative estimate of drug-likeness (QED) is 0.344. The highest BCUT2D eigenvalue weighted by molar-refractivity contribution is 6.16. The number of nitrogens with two attached hydrogens (primary N) is 1. The van der Waals surface area contributed by atoms with Crippen LogP contribution in [0.1, 0.15) is 55.1 Å². The molecule has 2 bridgehead atoms. The van der Waals surface area contributed by atoms with Gasteiger partial charge in [0.25, 0.3) is 5.91 Å². The number of amides is 2. The van der Waals surface area contributed by atoms with Gasteiger partial charge < -0.3 is 26.0 Å². The molecule has 10 heteroatoms. The Balaban J connectivity index is 1.27. The maximum absolute atomic E-state index is 12.6. The second-order valence-corrected chi connectivity index (χ2v) is 11.0. The number of nitrogens with one attached hydrogen (secondary N) is 3. The summed E-state index contributed by atoms with van der Waals surface area (Å²) in [6, 6.07) is 16.2. The number of carbonyl (C=O) groups is 2. The van der Waals surface area contributed by atoms with Gasteiger partial charge in [0.15, 0.2) is 0 Å². The number of benzene rings is 2. The molecule has 1 aromatic heterocycles. The Morgan fingerprint density at radius 2 is 1.72 bits per heavy atom. The molecule has 3 atom stereocenters. The van der Waals surface area contributed by atoms with Crippen molar-refractivity contribution in [1.82, 2.24) is 14.9 Å². The normalized spacial score (nSPS) is 20.0. The van der Waals surface area contributed by atoms with Gasteiger partial charge in [-0.25, -0.2) is 14.8 Å². The zero-order valence-electron chi connectivity index (χ0n) is 22.3. The van der Waals surface area contributed by atoms with Crippen molar-refractivity contribution in [1.29, 1.82) is 5.41 Å². The Bertz CT molecular complexity index is 1390. The van der Waals surface area contributed by atoms with Crippen molar-refractivity contribution in [2.45, 2.75) is 51.3 Å². The van der Waals surface area contributed by atoms with Crippen molar-refractivity contribution in [3.8, 4) is 0 Å². The van der Waals surface area contributed by atoms with Crippen LogP contribution in [0.15, 0.2) is 60.9 Å². The molecule has 1 aliphatic heterocycles. The fourth-order valence-electron chi connectivity index (χ4n) is 5.26. The van der Waals surface area contributed by atoms with Gasteiger partial charge in [0.1, 0.15) is 23.6 Å². The zero-order chi connectivity index (χ0) is 27.7. The van der Waals surface area contributed by atoms with Crippen molar-refractivity contribution in [2.75, 3.05) is 22.9 Å². The van der Waals surface area contributed by atoms with Gasteiger partial charge in [-0.3, -0.25) is 10.2 Å². The van der Waals surface area contributed by atoms with Crippen molar-refractivity contribution in [2.24, 2.45) is 5.92 Å². The molecule has 5 rings (SSSR count). The molecule has 2 aromatic carbocycles. The van der Waals surface area contributed by atoms with Gasteiger partial charge in [0.05, 0.1) is 11.3 Å². The molecule has 0 radical (unpaired) electrons. The van der Waals surface area contributed by atoms with Crippen LogP contribution in [0, 0.1) is 11.3 Å². The van der Waals surface area contributed by atoms with Crippen LogP contribution in [-0.4, -0.2) is 56.8 Å². The van der Waals surface area contributed by atoms with E-state index in [1.807, 2.05) is 56.0 Å². The molecule has 39 heavy (non-hydrogen) atoms. The van der Waals surface area contributed by atoms with Gasteiger partial charge in [-0.2, -0.15) is 0 Å². The molecule has 1 saturated carbocycles. The number of para-hydroxylation sites is 1. The predicted molar refractivity (Wildman–Crippen MR) is 150 cm³/mol. The molecule has 10 nitrogen and oxygen atoms in total. The van der Waals surface area contributed by atoms with Crippen LogP contribution in [0.4, 0.5) is 22.1 Å². The largest absolute Gasteiger partial charge is 0.444 e. The fraction of sp³-hybridized carbons (Fsp3) is 0.345. The number of hydrogen-bond donors (Lipinski definition) is 4. The number of aromatic nitrogens is 2. The Kier molecular flexibility index (Phi) is 6.94. The Morgan fingerprint density at radius 3 is 2.36 bits per heavy atom. The number of fused-ring (bicyclic) bond motifs is 2. The lowest BCUT2D eigenvalue weighted by Gasteiger charge is -2.33. The number of rotatable bonds is 6. The van der Waals surface area contributed by atoms with E-state index in [4.69, 9.17) is 15.9 Å². The highest BCUT2D eigenvalue weighted by Gasteiger charge is 2.48. The molecule has 2 fully saturated rings. The minimum absolute atomic E-state index is 0.0820. The molecule has 0 spiro atoms. The van der Waals surface area contributed by atoms with Crippen LogP contribution < -0.4 is 16.4 Å². The molecule has 2 amide bonds. The minimum atomic E-state index is -0.534. The lowest BCUT2D eigenvalue weighted by molar-refractivity contribution is 0.0186. The average Bonchev–Trinajstić information content (AvgIpc) is 3.49. The first-order valence-electron chi connectivity index (χ1n) is 13.0. The number of hydrogen-bond acceptors (Lipinski definition) is 8. The van der Waals surface area contributed by atoms with Gasteiger partial charge >= 0.3 is 6.09 Å². The highest BCUT2D eigenvalue weighted by Crippen LogP contribution is 2.40. The number of ether oxygens (including phenoxy) is 1. The number of nitrogens with zero attached hydrogens (tertiary/aromatic N) is 3. The summed E-state index contributed by atoms with van der Waals surface area (Å²) in [6.07, 6.45) is 2.75. The van der Waals surface area contributed by atoms with E-state index in [0.29, 0.717) is 34.7 Å². The first kappa shape index (κ1) is 26.1. The molecule has 202 valence electrons. The van der Waals surface area contributed by atoms with Crippen molar-refractivity contribution in [3.63, 3.8) is 0 Å². The highest BCUT2D eigenvalue weighted by atomic mass is 16.6. The monoisotopic (exact) mass is 527 g/mol. The van der Waals surface area contributed by atoms with Gasteiger partial charge in [0.2, 0.25) is 0 Å². The van der Waals surface area contributed by atoms with E-state index in [0.717, 1.165) is 12.8 Å². The van der Waals surface area contributed by atoms with E-state index in [1.54, 1.807) is 24.3 Å². The lowest BCUT2D eigenvalue weighted by atomic mass is 9.99. The predicted octanol–water partition coefficient (Wildman–Crippen LogP) is 4.54. The summed E-state index contributed by atoms with van der Waals surface area (Å²) < 4.78 is 5.57. The van der Waals surface area contributed by atoms with Crippen molar-refractivity contribution >= 4 is 35.0 Å². The van der Waals surface area contributed by atoms with E-state index in [2.05, 4.69) is 20.6 Å².